The molecule has 1 heterocycles. The molecule has 0 spiro atoms. The predicted molar refractivity (Wildman–Crippen MR) is 63.3 cm³/mol. The first kappa shape index (κ1) is 12.1. The van der Waals surface area contributed by atoms with Crippen LogP contribution in [-0.2, 0) is 16.1 Å². The lowest BCUT2D eigenvalue weighted by atomic mass is 10.2. The van der Waals surface area contributed by atoms with Gasteiger partial charge in [0.15, 0.2) is 0 Å². The summed E-state index contributed by atoms with van der Waals surface area (Å²) in [5.41, 5.74) is 1.59. The number of carboxylic acid groups (broad SMARTS) is 1. The normalized spacial score (nSPS) is 10.5. The molecular weight excluding hydrogens is 236 g/mol. The molecule has 6 nitrogen and oxygen atoms in total. The largest absolute Gasteiger partial charge is 0.478 e. The highest BCUT2D eigenvalue weighted by Crippen LogP contribution is 2.15. The average molecular weight is 248 g/mol. The number of rotatable bonds is 4. The van der Waals surface area contributed by atoms with Crippen molar-refractivity contribution in [3.05, 3.63) is 30.1 Å². The van der Waals surface area contributed by atoms with E-state index in [4.69, 9.17) is 5.11 Å². The molecule has 2 aromatic rings. The molecule has 2 rings (SSSR count). The van der Waals surface area contributed by atoms with Gasteiger partial charge in [0.25, 0.3) is 0 Å². The van der Waals surface area contributed by atoms with Crippen molar-refractivity contribution in [3.63, 3.8) is 0 Å². The van der Waals surface area contributed by atoms with Crippen molar-refractivity contribution >= 4 is 23.0 Å². The van der Waals surface area contributed by atoms with Crippen molar-refractivity contribution in [2.45, 2.75) is 13.0 Å². The summed E-state index contributed by atoms with van der Waals surface area (Å²) in [7, 11) is 1.34. The molecule has 0 radical (unpaired) electrons. The van der Waals surface area contributed by atoms with E-state index in [0.717, 1.165) is 5.52 Å². The zero-order valence-corrected chi connectivity index (χ0v) is 9.79. The van der Waals surface area contributed by atoms with Gasteiger partial charge in [-0.1, -0.05) is 0 Å². The van der Waals surface area contributed by atoms with Gasteiger partial charge >= 0.3 is 11.9 Å². The summed E-state index contributed by atoms with van der Waals surface area (Å²) in [5, 5.41) is 8.86. The number of carbonyl (C=O) groups is 2. The molecule has 0 fully saturated rings. The molecule has 1 N–H and O–H groups in total. The van der Waals surface area contributed by atoms with Crippen LogP contribution in [0.3, 0.4) is 0 Å². The Hall–Kier alpha value is -2.37. The molecule has 1 aromatic heterocycles. The maximum Gasteiger partial charge on any atom is 0.335 e. The first-order chi connectivity index (χ1) is 8.61. The molecule has 6 heteroatoms. The number of aromatic carboxylic acids is 1. The maximum atomic E-state index is 11.1. The lowest BCUT2D eigenvalue weighted by molar-refractivity contribution is -0.140. The topological polar surface area (TPSA) is 81.4 Å². The minimum absolute atomic E-state index is 0.195. The van der Waals surface area contributed by atoms with Crippen molar-refractivity contribution in [1.82, 2.24) is 9.55 Å². The third-order valence-corrected chi connectivity index (χ3v) is 2.65. The molecule has 0 atom stereocenters. The Labute approximate surface area is 103 Å². The standard InChI is InChI=1S/C12H12N2O4/c1-18-11(15)4-5-14-7-13-9-6-8(12(16)17)2-3-10(9)14/h2-3,6-7H,4-5H2,1H3,(H,16,17). The fraction of sp³-hybridized carbons (Fsp3) is 0.250. The second-order valence-corrected chi connectivity index (χ2v) is 3.77. The lowest BCUT2D eigenvalue weighted by Crippen LogP contribution is -2.06. The van der Waals surface area contributed by atoms with Gasteiger partial charge in [0.1, 0.15) is 0 Å². The first-order valence-corrected chi connectivity index (χ1v) is 5.37. The highest BCUT2D eigenvalue weighted by Gasteiger charge is 2.08. The number of hydrogen-bond acceptors (Lipinski definition) is 4. The molecule has 18 heavy (non-hydrogen) atoms. The van der Waals surface area contributed by atoms with E-state index in [2.05, 4.69) is 9.72 Å². The number of hydrogen-bond donors (Lipinski definition) is 1. The van der Waals surface area contributed by atoms with E-state index >= 15 is 0 Å². The third kappa shape index (κ3) is 2.32. The van der Waals surface area contributed by atoms with Gasteiger partial charge < -0.3 is 14.4 Å². The second-order valence-electron chi connectivity index (χ2n) is 3.77. The van der Waals surface area contributed by atoms with Gasteiger partial charge in [-0.2, -0.15) is 0 Å². The molecule has 0 amide bonds. The first-order valence-electron chi connectivity index (χ1n) is 5.37. The third-order valence-electron chi connectivity index (χ3n) is 2.65. The smallest absolute Gasteiger partial charge is 0.335 e. The number of benzene rings is 1. The molecule has 0 bridgehead atoms. The highest BCUT2D eigenvalue weighted by molar-refractivity contribution is 5.92. The molecule has 0 aliphatic heterocycles. The Morgan fingerprint density at radius 1 is 1.44 bits per heavy atom. The van der Waals surface area contributed by atoms with Crippen LogP contribution in [0.4, 0.5) is 0 Å². The second kappa shape index (κ2) is 4.87. The fourth-order valence-corrected chi connectivity index (χ4v) is 1.69. The minimum atomic E-state index is -0.985. The number of esters is 1. The van der Waals surface area contributed by atoms with Crippen LogP contribution in [-0.4, -0.2) is 33.7 Å². The quantitative estimate of drug-likeness (QED) is 0.825. The average Bonchev–Trinajstić information content (AvgIpc) is 2.78. The van der Waals surface area contributed by atoms with Gasteiger partial charge in [0, 0.05) is 6.54 Å². The molecule has 0 saturated carbocycles. The number of carboxylic acids is 1. The fourth-order valence-electron chi connectivity index (χ4n) is 1.69. The van der Waals surface area contributed by atoms with Crippen molar-refractivity contribution in [3.8, 4) is 0 Å². The van der Waals surface area contributed by atoms with E-state index in [-0.39, 0.29) is 18.0 Å². The number of aryl methyl sites for hydroxylation is 1. The summed E-state index contributed by atoms with van der Waals surface area (Å²) in [6.45, 7) is 0.454. The van der Waals surface area contributed by atoms with Gasteiger partial charge in [-0.05, 0) is 18.2 Å². The van der Waals surface area contributed by atoms with Gasteiger partial charge in [-0.15, -0.1) is 0 Å². The SMILES string of the molecule is COC(=O)CCn1cnc2cc(C(=O)O)ccc21. The Bertz CT molecular complexity index is 603. The zero-order chi connectivity index (χ0) is 13.1. The lowest BCUT2D eigenvalue weighted by Gasteiger charge is -2.03. The molecule has 0 unspecified atom stereocenters. The van der Waals surface area contributed by atoms with Crippen LogP contribution in [0.2, 0.25) is 0 Å². The van der Waals surface area contributed by atoms with Gasteiger partial charge in [-0.25, -0.2) is 9.78 Å². The van der Waals surface area contributed by atoms with E-state index < -0.39 is 5.97 Å². The van der Waals surface area contributed by atoms with Gasteiger partial charge in [-0.3, -0.25) is 4.79 Å². The number of aromatic nitrogens is 2. The van der Waals surface area contributed by atoms with E-state index in [1.165, 1.54) is 19.2 Å². The number of ether oxygens (including phenoxy) is 1. The van der Waals surface area contributed by atoms with Crippen LogP contribution in [0.25, 0.3) is 11.0 Å². The Morgan fingerprint density at radius 2 is 2.22 bits per heavy atom. The number of fused-ring (bicyclic) bond motifs is 1. The number of nitrogens with zero attached hydrogens (tertiary/aromatic N) is 2. The van der Waals surface area contributed by atoms with E-state index in [1.54, 1.807) is 17.0 Å². The van der Waals surface area contributed by atoms with Crippen molar-refractivity contribution < 1.29 is 19.4 Å². The number of methoxy groups -OCH3 is 1. The summed E-state index contributed by atoms with van der Waals surface area (Å²) in [6.07, 6.45) is 1.84. The van der Waals surface area contributed by atoms with Crippen molar-refractivity contribution in [1.29, 1.82) is 0 Å². The van der Waals surface area contributed by atoms with Crippen LogP contribution in [0.1, 0.15) is 16.8 Å². The van der Waals surface area contributed by atoms with Gasteiger partial charge in [0.05, 0.1) is 36.5 Å². The highest BCUT2D eigenvalue weighted by atomic mass is 16.5. The Kier molecular flexibility index (Phi) is 3.27. The summed E-state index contributed by atoms with van der Waals surface area (Å²) in [5.74, 6) is -1.28. The van der Waals surface area contributed by atoms with E-state index in [1.807, 2.05) is 0 Å². The molecule has 94 valence electrons. The van der Waals surface area contributed by atoms with Crippen molar-refractivity contribution in [2.24, 2.45) is 0 Å². The van der Waals surface area contributed by atoms with Crippen LogP contribution < -0.4 is 0 Å². The summed E-state index contributed by atoms with van der Waals surface area (Å²) < 4.78 is 6.35. The predicted octanol–water partition coefficient (Wildman–Crippen LogP) is 1.30. The monoisotopic (exact) mass is 248 g/mol. The van der Waals surface area contributed by atoms with Gasteiger partial charge in [0.2, 0.25) is 0 Å². The van der Waals surface area contributed by atoms with E-state index in [0.29, 0.717) is 12.1 Å². The van der Waals surface area contributed by atoms with Crippen molar-refractivity contribution in [2.75, 3.05) is 7.11 Å². The molecule has 1 aromatic carbocycles. The summed E-state index contributed by atoms with van der Waals surface area (Å²) >= 11 is 0. The summed E-state index contributed by atoms with van der Waals surface area (Å²) in [4.78, 5) is 26.0. The zero-order valence-electron chi connectivity index (χ0n) is 9.79. The maximum absolute atomic E-state index is 11.1. The minimum Gasteiger partial charge on any atom is -0.478 e. The molecule has 0 saturated heterocycles. The number of carbonyl (C=O) groups excluding carboxylic acids is 1. The molecule has 0 aliphatic rings. The number of imidazole rings is 1. The van der Waals surface area contributed by atoms with Crippen LogP contribution >= 0.6 is 0 Å². The molecular formula is C12H12N2O4. The Morgan fingerprint density at radius 3 is 2.89 bits per heavy atom. The van der Waals surface area contributed by atoms with Crippen LogP contribution in [0, 0.1) is 0 Å². The Balaban J connectivity index is 2.26. The summed E-state index contributed by atoms with van der Waals surface area (Å²) in [6, 6.07) is 4.70. The van der Waals surface area contributed by atoms with Crippen LogP contribution in [0.5, 0.6) is 0 Å². The van der Waals surface area contributed by atoms with Crippen LogP contribution in [0.15, 0.2) is 24.5 Å². The van der Waals surface area contributed by atoms with E-state index in [9.17, 15) is 9.59 Å². The molecule has 0 aliphatic carbocycles.